The summed E-state index contributed by atoms with van der Waals surface area (Å²) in [5.41, 5.74) is 6.10. The Balaban J connectivity index is 2.24. The molecule has 0 saturated carbocycles. The third kappa shape index (κ3) is 3.65. The van der Waals surface area contributed by atoms with Gasteiger partial charge in [-0.1, -0.05) is 19.1 Å². The standard InChI is InChI=1S/C15H22N4O/c1-4-19(10-15(2,3)20)9-13-17-12-8-6-5-7-11(12)14(16)18-13/h5-8,20H,4,9-10H2,1-3H3,(H2,16,17,18). The fraction of sp³-hybridized carbons (Fsp3) is 0.467. The van der Waals surface area contributed by atoms with Crippen LogP contribution in [0.25, 0.3) is 10.9 Å². The monoisotopic (exact) mass is 274 g/mol. The Morgan fingerprint density at radius 2 is 1.95 bits per heavy atom. The number of para-hydroxylation sites is 1. The van der Waals surface area contributed by atoms with E-state index in [1.807, 2.05) is 24.3 Å². The molecule has 1 heterocycles. The number of likely N-dealkylation sites (N-methyl/N-ethyl adjacent to an activating group) is 1. The Kier molecular flexibility index (Phi) is 4.20. The van der Waals surface area contributed by atoms with Crippen molar-refractivity contribution in [2.24, 2.45) is 0 Å². The number of aromatic nitrogens is 2. The van der Waals surface area contributed by atoms with Crippen LogP contribution in [0, 0.1) is 0 Å². The molecule has 5 nitrogen and oxygen atoms in total. The van der Waals surface area contributed by atoms with Crippen molar-refractivity contribution < 1.29 is 5.11 Å². The quantitative estimate of drug-likeness (QED) is 0.869. The SMILES string of the molecule is CCN(Cc1nc(N)c2ccccc2n1)CC(C)(C)O. The molecule has 1 aromatic carbocycles. The summed E-state index contributed by atoms with van der Waals surface area (Å²) in [5.74, 6) is 1.19. The van der Waals surface area contributed by atoms with E-state index in [-0.39, 0.29) is 0 Å². The second-order valence-electron chi connectivity index (χ2n) is 5.66. The topological polar surface area (TPSA) is 75.3 Å². The van der Waals surface area contributed by atoms with Gasteiger partial charge in [-0.2, -0.15) is 0 Å². The second-order valence-corrected chi connectivity index (χ2v) is 5.66. The van der Waals surface area contributed by atoms with Crippen molar-refractivity contribution >= 4 is 16.7 Å². The molecule has 0 fully saturated rings. The lowest BCUT2D eigenvalue weighted by Crippen LogP contribution is -2.38. The molecule has 1 aromatic heterocycles. The van der Waals surface area contributed by atoms with Crippen molar-refractivity contribution in [1.29, 1.82) is 0 Å². The maximum atomic E-state index is 9.92. The predicted octanol–water partition coefficient (Wildman–Crippen LogP) is 1.80. The average Bonchev–Trinajstić information content (AvgIpc) is 2.36. The summed E-state index contributed by atoms with van der Waals surface area (Å²) >= 11 is 0. The van der Waals surface area contributed by atoms with Crippen molar-refractivity contribution in [3.8, 4) is 0 Å². The highest BCUT2D eigenvalue weighted by Crippen LogP contribution is 2.18. The van der Waals surface area contributed by atoms with E-state index in [0.29, 0.717) is 24.7 Å². The molecule has 0 bridgehead atoms. The van der Waals surface area contributed by atoms with Crippen LogP contribution in [0.2, 0.25) is 0 Å². The summed E-state index contributed by atoms with van der Waals surface area (Å²) in [5, 5.41) is 10.8. The normalized spacial score (nSPS) is 12.2. The average molecular weight is 274 g/mol. The summed E-state index contributed by atoms with van der Waals surface area (Å²) < 4.78 is 0. The minimum absolute atomic E-state index is 0.505. The Bertz CT molecular complexity index is 592. The van der Waals surface area contributed by atoms with Gasteiger partial charge in [0.15, 0.2) is 0 Å². The van der Waals surface area contributed by atoms with E-state index in [1.54, 1.807) is 13.8 Å². The van der Waals surface area contributed by atoms with Crippen molar-refractivity contribution in [3.63, 3.8) is 0 Å². The molecule has 0 aliphatic carbocycles. The van der Waals surface area contributed by atoms with Crippen LogP contribution in [0.15, 0.2) is 24.3 Å². The summed E-state index contributed by atoms with van der Waals surface area (Å²) in [6.07, 6.45) is 0. The van der Waals surface area contributed by atoms with E-state index < -0.39 is 5.60 Å². The Morgan fingerprint density at radius 3 is 2.60 bits per heavy atom. The predicted molar refractivity (Wildman–Crippen MR) is 81.2 cm³/mol. The van der Waals surface area contributed by atoms with Gasteiger partial charge in [0.05, 0.1) is 17.7 Å². The third-order valence-electron chi connectivity index (χ3n) is 3.10. The van der Waals surface area contributed by atoms with Gasteiger partial charge in [0.2, 0.25) is 0 Å². The zero-order valence-electron chi connectivity index (χ0n) is 12.3. The van der Waals surface area contributed by atoms with Crippen molar-refractivity contribution in [2.45, 2.75) is 32.9 Å². The maximum absolute atomic E-state index is 9.92. The zero-order valence-corrected chi connectivity index (χ0v) is 12.3. The van der Waals surface area contributed by atoms with Crippen LogP contribution in [0.3, 0.4) is 0 Å². The van der Waals surface area contributed by atoms with Crippen LogP contribution in [0.4, 0.5) is 5.82 Å². The Morgan fingerprint density at radius 1 is 1.25 bits per heavy atom. The van der Waals surface area contributed by atoms with Gasteiger partial charge in [-0.05, 0) is 32.5 Å². The summed E-state index contributed by atoms with van der Waals surface area (Å²) in [6, 6.07) is 7.72. The first-order chi connectivity index (χ1) is 9.39. The molecule has 108 valence electrons. The molecule has 0 aliphatic rings. The molecule has 5 heteroatoms. The second kappa shape index (κ2) is 5.73. The van der Waals surface area contributed by atoms with Gasteiger partial charge < -0.3 is 10.8 Å². The van der Waals surface area contributed by atoms with Gasteiger partial charge in [-0.3, -0.25) is 4.90 Å². The minimum Gasteiger partial charge on any atom is -0.389 e. The highest BCUT2D eigenvalue weighted by Gasteiger charge is 2.18. The lowest BCUT2D eigenvalue weighted by Gasteiger charge is -2.27. The number of hydrogen-bond acceptors (Lipinski definition) is 5. The van der Waals surface area contributed by atoms with E-state index in [1.165, 1.54) is 0 Å². The van der Waals surface area contributed by atoms with Crippen LogP contribution >= 0.6 is 0 Å². The molecule has 2 rings (SSSR count). The summed E-state index contributed by atoms with van der Waals surface area (Å²) in [6.45, 7) is 7.61. The molecule has 0 radical (unpaired) electrons. The first kappa shape index (κ1) is 14.7. The molecular formula is C15H22N4O. The number of nitrogens with two attached hydrogens (primary N) is 1. The number of nitrogen functional groups attached to an aromatic ring is 1. The van der Waals surface area contributed by atoms with E-state index in [4.69, 9.17) is 5.73 Å². The van der Waals surface area contributed by atoms with Gasteiger partial charge in [-0.15, -0.1) is 0 Å². The number of rotatable bonds is 5. The lowest BCUT2D eigenvalue weighted by atomic mass is 10.1. The van der Waals surface area contributed by atoms with Crippen LogP contribution in [0.5, 0.6) is 0 Å². The number of benzene rings is 1. The number of nitrogens with zero attached hydrogens (tertiary/aromatic N) is 3. The van der Waals surface area contributed by atoms with Crippen LogP contribution < -0.4 is 5.73 Å². The van der Waals surface area contributed by atoms with Crippen LogP contribution in [-0.2, 0) is 6.54 Å². The summed E-state index contributed by atoms with van der Waals surface area (Å²) in [7, 11) is 0. The third-order valence-corrected chi connectivity index (χ3v) is 3.10. The molecule has 0 atom stereocenters. The molecule has 20 heavy (non-hydrogen) atoms. The number of fused-ring (bicyclic) bond motifs is 1. The summed E-state index contributed by atoms with van der Waals surface area (Å²) in [4.78, 5) is 11.0. The van der Waals surface area contributed by atoms with Crippen molar-refractivity contribution in [2.75, 3.05) is 18.8 Å². The van der Waals surface area contributed by atoms with Gasteiger partial charge in [0.25, 0.3) is 0 Å². The van der Waals surface area contributed by atoms with E-state index in [2.05, 4.69) is 21.8 Å². The minimum atomic E-state index is -0.738. The van der Waals surface area contributed by atoms with Crippen LogP contribution in [0.1, 0.15) is 26.6 Å². The van der Waals surface area contributed by atoms with Crippen molar-refractivity contribution in [3.05, 3.63) is 30.1 Å². The highest BCUT2D eigenvalue weighted by molar-refractivity contribution is 5.87. The number of hydrogen-bond donors (Lipinski definition) is 2. The molecule has 3 N–H and O–H groups in total. The van der Waals surface area contributed by atoms with Crippen LogP contribution in [-0.4, -0.2) is 38.7 Å². The Hall–Kier alpha value is -1.72. The maximum Gasteiger partial charge on any atom is 0.145 e. The highest BCUT2D eigenvalue weighted by atomic mass is 16.3. The molecule has 0 saturated heterocycles. The Labute approximate surface area is 119 Å². The molecule has 0 amide bonds. The van der Waals surface area contributed by atoms with Gasteiger partial charge in [0, 0.05) is 11.9 Å². The lowest BCUT2D eigenvalue weighted by molar-refractivity contribution is 0.0346. The molecular weight excluding hydrogens is 252 g/mol. The first-order valence-corrected chi connectivity index (χ1v) is 6.85. The largest absolute Gasteiger partial charge is 0.389 e. The van der Waals surface area contributed by atoms with E-state index in [0.717, 1.165) is 17.4 Å². The number of aliphatic hydroxyl groups is 1. The van der Waals surface area contributed by atoms with E-state index >= 15 is 0 Å². The molecule has 2 aromatic rings. The van der Waals surface area contributed by atoms with Gasteiger partial charge in [-0.25, -0.2) is 9.97 Å². The molecule has 0 unspecified atom stereocenters. The van der Waals surface area contributed by atoms with E-state index in [9.17, 15) is 5.11 Å². The first-order valence-electron chi connectivity index (χ1n) is 6.85. The molecule has 0 aliphatic heterocycles. The van der Waals surface area contributed by atoms with Gasteiger partial charge >= 0.3 is 0 Å². The smallest absolute Gasteiger partial charge is 0.145 e. The fourth-order valence-electron chi connectivity index (χ4n) is 2.25. The van der Waals surface area contributed by atoms with Crippen molar-refractivity contribution in [1.82, 2.24) is 14.9 Å². The zero-order chi connectivity index (χ0) is 14.8. The van der Waals surface area contributed by atoms with Gasteiger partial charge in [0.1, 0.15) is 11.6 Å². The fourth-order valence-corrected chi connectivity index (χ4v) is 2.25. The molecule has 0 spiro atoms. The number of anilines is 1.